The molecule has 0 atom stereocenters. The highest BCUT2D eigenvalue weighted by atomic mass is 79.9. The van der Waals surface area contributed by atoms with Crippen LogP contribution in [0.15, 0.2) is 24.3 Å². The van der Waals surface area contributed by atoms with Crippen molar-refractivity contribution in [3.05, 3.63) is 52.1 Å². The summed E-state index contributed by atoms with van der Waals surface area (Å²) in [4.78, 5) is 46.3. The average molecular weight is 695 g/mol. The van der Waals surface area contributed by atoms with Crippen molar-refractivity contribution in [1.82, 2.24) is 0 Å². The van der Waals surface area contributed by atoms with E-state index in [2.05, 4.69) is 20.7 Å². The highest BCUT2D eigenvalue weighted by molar-refractivity contribution is 9.10. The van der Waals surface area contributed by atoms with Crippen LogP contribution in [-0.4, -0.2) is 52.2 Å². The maximum atomic E-state index is 12.5. The first-order chi connectivity index (χ1) is 20.8. The zero-order chi connectivity index (χ0) is 32.7. The van der Waals surface area contributed by atoms with Crippen LogP contribution >= 0.6 is 27.5 Å². The van der Waals surface area contributed by atoms with Crippen molar-refractivity contribution in [2.45, 2.75) is 94.4 Å². The zero-order valence-corrected chi connectivity index (χ0v) is 28.1. The molecule has 5 rings (SSSR count). The maximum Gasteiger partial charge on any atom is 0.338 e. The van der Waals surface area contributed by atoms with Gasteiger partial charge < -0.3 is 25.1 Å². The van der Waals surface area contributed by atoms with Gasteiger partial charge in [0.15, 0.2) is 11.4 Å². The number of carbonyl (C=O) groups is 4. The van der Waals surface area contributed by atoms with Crippen molar-refractivity contribution in [1.29, 1.82) is 0 Å². The predicted molar refractivity (Wildman–Crippen MR) is 172 cm³/mol. The first-order valence-corrected chi connectivity index (χ1v) is 15.9. The summed E-state index contributed by atoms with van der Waals surface area (Å²) >= 11 is 8.79. The Kier molecular flexibility index (Phi) is 12.3. The number of aryl methyl sites for hydroxylation is 2. The molecular weight excluding hydrogens is 654 g/mol. The molecule has 2 aromatic rings. The summed E-state index contributed by atoms with van der Waals surface area (Å²) in [6, 6.07) is 6.44. The molecule has 3 aliphatic rings. The molecule has 0 aromatic heterocycles. The van der Waals surface area contributed by atoms with Gasteiger partial charge in [0.1, 0.15) is 11.5 Å². The third-order valence-electron chi connectivity index (χ3n) is 8.42. The van der Waals surface area contributed by atoms with Crippen molar-refractivity contribution in [2.24, 2.45) is 0 Å². The number of Topliss-reactive ketones (excluding diaryl/α,β-unsaturated/α-hetero) is 1. The van der Waals surface area contributed by atoms with E-state index < -0.39 is 11.6 Å². The number of phenolic OH excluding ortho intramolecular Hbond substituents is 1. The van der Waals surface area contributed by atoms with Gasteiger partial charge in [-0.05, 0) is 99.4 Å². The third kappa shape index (κ3) is 8.33. The van der Waals surface area contributed by atoms with E-state index in [1.54, 1.807) is 13.0 Å². The second-order valence-corrected chi connectivity index (χ2v) is 13.4. The van der Waals surface area contributed by atoms with Gasteiger partial charge in [0.05, 0.1) is 35.4 Å². The molecule has 2 aromatic carbocycles. The molecule has 2 saturated carbocycles. The van der Waals surface area contributed by atoms with Gasteiger partial charge in [0.25, 0.3) is 0 Å². The van der Waals surface area contributed by atoms with Crippen molar-refractivity contribution < 1.29 is 38.5 Å². The molecule has 44 heavy (non-hydrogen) atoms. The molecule has 1 spiro atoms. The number of methoxy groups -OCH3 is 2. The number of hydrogen-bond acceptors (Lipinski definition) is 9. The van der Waals surface area contributed by atoms with Crippen LogP contribution in [0.1, 0.15) is 102 Å². The topological polar surface area (TPSA) is 142 Å². The summed E-state index contributed by atoms with van der Waals surface area (Å²) in [6.45, 7) is 3.56. The standard InChI is InChI=1S/C17H20O4.C9H11NO3.C7H10BrClO/c1-11-8-14-12(9-13(11)16(19)20-2)10-15(18)17(21-14)6-4-3-5-7-17;1-5-3-8(11)7(10)4-6(5)9(12)13-2;8-7(6(9)10)4-2-1-3-5-7/h8-9H,3-7,10H2,1-2H3;3-4,11H,10H2,1-2H3;1-5H2. The van der Waals surface area contributed by atoms with E-state index in [0.717, 1.165) is 68.2 Å². The van der Waals surface area contributed by atoms with Crippen molar-refractivity contribution in [3.8, 4) is 11.5 Å². The molecule has 0 unspecified atom stereocenters. The molecule has 11 heteroatoms. The summed E-state index contributed by atoms with van der Waals surface area (Å²) in [5.41, 5.74) is 8.11. The molecule has 0 amide bonds. The Morgan fingerprint density at radius 1 is 0.864 bits per heavy atom. The number of carbonyl (C=O) groups excluding carboxylic acids is 4. The van der Waals surface area contributed by atoms with Gasteiger partial charge in [-0.15, -0.1) is 0 Å². The Balaban J connectivity index is 0.000000197. The molecule has 1 heterocycles. The van der Waals surface area contributed by atoms with Crippen molar-refractivity contribution >= 4 is 56.2 Å². The highest BCUT2D eigenvalue weighted by Gasteiger charge is 2.45. The zero-order valence-electron chi connectivity index (χ0n) is 25.7. The van der Waals surface area contributed by atoms with Crippen LogP contribution < -0.4 is 10.5 Å². The summed E-state index contributed by atoms with van der Waals surface area (Å²) in [5.74, 6) is 0.0473. The lowest BCUT2D eigenvalue weighted by atomic mass is 9.77. The Hall–Kier alpha value is -3.11. The number of esters is 2. The Labute approximate surface area is 271 Å². The number of halogens is 2. The largest absolute Gasteiger partial charge is 0.506 e. The van der Waals surface area contributed by atoms with Gasteiger partial charge in [-0.1, -0.05) is 41.6 Å². The van der Waals surface area contributed by atoms with Crippen LogP contribution in [0, 0.1) is 13.8 Å². The quantitative estimate of drug-likeness (QED) is 0.115. The van der Waals surface area contributed by atoms with E-state index in [-0.39, 0.29) is 32.8 Å². The second-order valence-electron chi connectivity index (χ2n) is 11.5. The number of ketones is 1. The van der Waals surface area contributed by atoms with Crippen LogP contribution in [0.2, 0.25) is 0 Å². The molecule has 0 bridgehead atoms. The molecule has 0 radical (unpaired) electrons. The number of alkyl halides is 1. The molecule has 3 N–H and O–H groups in total. The van der Waals surface area contributed by atoms with Gasteiger partial charge >= 0.3 is 11.9 Å². The van der Waals surface area contributed by atoms with Crippen LogP contribution in [0.4, 0.5) is 5.69 Å². The van der Waals surface area contributed by atoms with E-state index in [4.69, 9.17) is 26.8 Å². The molecule has 2 fully saturated rings. The van der Waals surface area contributed by atoms with Gasteiger partial charge in [0.2, 0.25) is 5.24 Å². The second kappa shape index (κ2) is 15.3. The van der Waals surface area contributed by atoms with E-state index >= 15 is 0 Å². The molecular formula is C33H41BrClNO8. The first kappa shape index (κ1) is 35.4. The number of phenols is 1. The summed E-state index contributed by atoms with van der Waals surface area (Å²) in [5, 5.41) is 8.97. The number of aromatic hydroxyl groups is 1. The Bertz CT molecular complexity index is 1400. The van der Waals surface area contributed by atoms with Crippen molar-refractivity contribution in [2.75, 3.05) is 20.0 Å². The summed E-state index contributed by atoms with van der Waals surface area (Å²) < 4.78 is 15.1. The monoisotopic (exact) mass is 693 g/mol. The van der Waals surface area contributed by atoms with Crippen molar-refractivity contribution in [3.63, 3.8) is 0 Å². The number of benzene rings is 2. The number of hydrogen-bond donors (Lipinski definition) is 2. The summed E-state index contributed by atoms with van der Waals surface area (Å²) in [7, 11) is 2.66. The minimum absolute atomic E-state index is 0.0230. The molecule has 240 valence electrons. The number of fused-ring (bicyclic) bond motifs is 1. The van der Waals surface area contributed by atoms with Gasteiger partial charge in [-0.3, -0.25) is 9.59 Å². The summed E-state index contributed by atoms with van der Waals surface area (Å²) in [6.07, 6.45) is 10.5. The SMILES string of the molecule is COC(=O)c1cc(N)c(O)cc1C.COC(=O)c1cc2c(cc1C)OC1(CCCCC1)C(=O)C2.O=C(Cl)C1(Br)CCCCC1. The predicted octanol–water partition coefficient (Wildman–Crippen LogP) is 6.91. The minimum Gasteiger partial charge on any atom is -0.506 e. The fraction of sp³-hybridized carbons (Fsp3) is 0.515. The third-order valence-corrected chi connectivity index (χ3v) is 10.2. The fourth-order valence-corrected chi connectivity index (χ4v) is 6.49. The lowest BCUT2D eigenvalue weighted by molar-refractivity contribution is -0.138. The van der Waals surface area contributed by atoms with Gasteiger partial charge in [0, 0.05) is 12.0 Å². The van der Waals surface area contributed by atoms with E-state index in [1.165, 1.54) is 39.2 Å². The van der Waals surface area contributed by atoms with Crippen LogP contribution in [0.25, 0.3) is 0 Å². The maximum absolute atomic E-state index is 12.5. The van der Waals surface area contributed by atoms with E-state index in [9.17, 15) is 24.3 Å². The Morgan fingerprint density at radius 2 is 1.36 bits per heavy atom. The smallest absolute Gasteiger partial charge is 0.338 e. The number of nitrogens with two attached hydrogens (primary N) is 1. The Morgan fingerprint density at radius 3 is 1.86 bits per heavy atom. The highest BCUT2D eigenvalue weighted by Crippen LogP contribution is 2.41. The average Bonchev–Trinajstić information content (AvgIpc) is 3.00. The van der Waals surface area contributed by atoms with E-state index in [1.807, 2.05) is 13.0 Å². The normalized spacial score (nSPS) is 17.8. The lowest BCUT2D eigenvalue weighted by Crippen LogP contribution is -2.49. The fourth-order valence-electron chi connectivity index (χ4n) is 5.74. The molecule has 2 aliphatic carbocycles. The van der Waals surface area contributed by atoms with Gasteiger partial charge in [-0.25, -0.2) is 9.59 Å². The number of anilines is 1. The van der Waals surface area contributed by atoms with Gasteiger partial charge in [-0.2, -0.15) is 0 Å². The molecule has 1 aliphatic heterocycles. The molecule has 9 nitrogen and oxygen atoms in total. The minimum atomic E-state index is -0.621. The van der Waals surface area contributed by atoms with E-state index in [0.29, 0.717) is 23.1 Å². The number of ether oxygens (including phenoxy) is 3. The van der Waals surface area contributed by atoms with Crippen LogP contribution in [-0.2, 0) is 25.5 Å². The van der Waals surface area contributed by atoms with Crippen LogP contribution in [0.5, 0.6) is 11.5 Å². The number of rotatable bonds is 3. The lowest BCUT2D eigenvalue weighted by Gasteiger charge is -2.40. The number of nitrogen functional groups attached to an aromatic ring is 1. The van der Waals surface area contributed by atoms with Crippen LogP contribution in [0.3, 0.4) is 0 Å². The molecule has 0 saturated heterocycles. The first-order valence-electron chi connectivity index (χ1n) is 14.8.